The molecule has 0 radical (unpaired) electrons. The Kier molecular flexibility index (Phi) is 5.53. The van der Waals surface area contributed by atoms with E-state index in [0.29, 0.717) is 24.6 Å². The number of fused-ring (bicyclic) bond motifs is 1. The van der Waals surface area contributed by atoms with E-state index in [4.69, 9.17) is 9.47 Å². The highest BCUT2D eigenvalue weighted by atomic mass is 32.1. The van der Waals surface area contributed by atoms with E-state index in [1.165, 1.54) is 23.8 Å². The quantitative estimate of drug-likeness (QED) is 0.623. The maximum Gasteiger partial charge on any atom is 0.203 e. The van der Waals surface area contributed by atoms with E-state index in [9.17, 15) is 5.11 Å². The van der Waals surface area contributed by atoms with Gasteiger partial charge in [-0.05, 0) is 68.4 Å². The van der Waals surface area contributed by atoms with Crippen LogP contribution in [0.4, 0.5) is 0 Å². The van der Waals surface area contributed by atoms with E-state index in [0.717, 1.165) is 16.7 Å². The van der Waals surface area contributed by atoms with Crippen LogP contribution in [0.15, 0.2) is 58.4 Å². The number of thiophene rings is 1. The molecule has 2 N–H and O–H groups in total. The number of aliphatic imine (C=N–C) groups is 1. The molecule has 2 heterocycles. The fourth-order valence-corrected chi connectivity index (χ4v) is 4.07. The van der Waals surface area contributed by atoms with Crippen LogP contribution in [0.25, 0.3) is 16.7 Å². The molecule has 6 heteroatoms. The van der Waals surface area contributed by atoms with Gasteiger partial charge in [0.15, 0.2) is 11.5 Å². The lowest BCUT2D eigenvalue weighted by atomic mass is 9.94. The number of hydrogen-bond acceptors (Lipinski definition) is 6. The number of ether oxygens (including phenoxy) is 2. The number of benzene rings is 2. The van der Waals surface area contributed by atoms with E-state index in [1.54, 1.807) is 24.5 Å². The fourth-order valence-electron chi connectivity index (χ4n) is 3.40. The number of aromatic hydroxyl groups is 1. The van der Waals surface area contributed by atoms with E-state index in [-0.39, 0.29) is 5.75 Å². The summed E-state index contributed by atoms with van der Waals surface area (Å²) < 4.78 is 10.5. The summed E-state index contributed by atoms with van der Waals surface area (Å²) in [5.74, 6) is 0.903. The number of rotatable bonds is 6. The van der Waals surface area contributed by atoms with Crippen molar-refractivity contribution < 1.29 is 14.6 Å². The van der Waals surface area contributed by atoms with Crippen LogP contribution in [0.1, 0.15) is 16.7 Å². The van der Waals surface area contributed by atoms with Gasteiger partial charge in [-0.15, -0.1) is 0 Å². The summed E-state index contributed by atoms with van der Waals surface area (Å²) in [6.07, 6.45) is 3.93. The highest BCUT2D eigenvalue weighted by Crippen LogP contribution is 2.37. The minimum atomic E-state index is 0.0596. The van der Waals surface area contributed by atoms with Gasteiger partial charge in [0, 0.05) is 19.0 Å². The summed E-state index contributed by atoms with van der Waals surface area (Å²) in [5.41, 5.74) is 6.76. The van der Waals surface area contributed by atoms with Crippen molar-refractivity contribution in [1.82, 2.24) is 5.32 Å². The molecule has 1 aliphatic heterocycles. The lowest BCUT2D eigenvalue weighted by molar-refractivity contribution is 0.332. The third-order valence-corrected chi connectivity index (χ3v) is 5.53. The summed E-state index contributed by atoms with van der Waals surface area (Å²) in [7, 11) is 3.06. The van der Waals surface area contributed by atoms with Gasteiger partial charge in [-0.1, -0.05) is 12.1 Å². The van der Waals surface area contributed by atoms with Gasteiger partial charge in [-0.25, -0.2) is 0 Å². The lowest BCUT2D eigenvalue weighted by Gasteiger charge is -2.16. The number of methoxy groups -OCH3 is 2. The Morgan fingerprint density at radius 3 is 2.79 bits per heavy atom. The zero-order chi connectivity index (χ0) is 20.2. The molecule has 3 aromatic rings. The summed E-state index contributed by atoms with van der Waals surface area (Å²) in [6.45, 7) is 1.17. The second kappa shape index (κ2) is 8.41. The second-order valence-electron chi connectivity index (χ2n) is 6.68. The first-order valence-electron chi connectivity index (χ1n) is 9.22. The molecule has 0 spiro atoms. The van der Waals surface area contributed by atoms with Gasteiger partial charge in [-0.3, -0.25) is 4.99 Å². The highest BCUT2D eigenvalue weighted by molar-refractivity contribution is 7.08. The average Bonchev–Trinajstić information content (AvgIpc) is 3.28. The van der Waals surface area contributed by atoms with E-state index < -0.39 is 0 Å². The number of phenolic OH excluding ortho intramolecular Hbond substituents is 1. The van der Waals surface area contributed by atoms with E-state index >= 15 is 0 Å². The average molecular weight is 407 g/mol. The molecule has 0 amide bonds. The molecule has 1 aliphatic rings. The number of nitrogens with one attached hydrogen (secondary N) is 1. The van der Waals surface area contributed by atoms with Crippen molar-refractivity contribution >= 4 is 23.1 Å². The van der Waals surface area contributed by atoms with Gasteiger partial charge in [0.2, 0.25) is 5.75 Å². The maximum absolute atomic E-state index is 10.1. The Balaban J connectivity index is 1.55. The largest absolute Gasteiger partial charge is 0.504 e. The molecule has 2 aromatic carbocycles. The molecule has 0 fully saturated rings. The number of phenols is 1. The molecule has 1 aromatic heterocycles. The molecule has 0 saturated carbocycles. The molecule has 0 bridgehead atoms. The van der Waals surface area contributed by atoms with Crippen molar-refractivity contribution in [2.45, 2.75) is 6.54 Å². The van der Waals surface area contributed by atoms with Crippen LogP contribution in [0, 0.1) is 0 Å². The smallest absolute Gasteiger partial charge is 0.203 e. The first-order chi connectivity index (χ1) is 14.2. The first-order valence-corrected chi connectivity index (χ1v) is 10.2. The first kappa shape index (κ1) is 19.1. The van der Waals surface area contributed by atoms with Crippen molar-refractivity contribution in [2.75, 3.05) is 20.8 Å². The molecule has 4 rings (SSSR count). The fraction of sp³-hybridized carbons (Fsp3) is 0.174. The van der Waals surface area contributed by atoms with Crippen molar-refractivity contribution in [1.29, 1.82) is 0 Å². The van der Waals surface area contributed by atoms with Gasteiger partial charge in [0.05, 0.1) is 20.8 Å². The van der Waals surface area contributed by atoms with Crippen molar-refractivity contribution in [3.8, 4) is 28.4 Å². The Hall–Kier alpha value is -3.25. The van der Waals surface area contributed by atoms with Gasteiger partial charge in [0.1, 0.15) is 0 Å². The van der Waals surface area contributed by atoms with Crippen molar-refractivity contribution in [3.05, 3.63) is 70.0 Å². The number of nitrogens with zero attached hydrogens (tertiary/aromatic N) is 1. The molecule has 0 saturated heterocycles. The van der Waals surface area contributed by atoms with Gasteiger partial charge in [0.25, 0.3) is 0 Å². The molecule has 0 aliphatic carbocycles. The normalized spacial score (nSPS) is 13.9. The van der Waals surface area contributed by atoms with Gasteiger partial charge >= 0.3 is 0 Å². The van der Waals surface area contributed by atoms with Crippen molar-refractivity contribution in [2.24, 2.45) is 4.99 Å². The molecular formula is C23H22N2O3S. The Bertz CT molecular complexity index is 1070. The summed E-state index contributed by atoms with van der Waals surface area (Å²) in [5, 5.41) is 17.7. The Labute approximate surface area is 174 Å². The van der Waals surface area contributed by atoms with Crippen LogP contribution < -0.4 is 14.8 Å². The van der Waals surface area contributed by atoms with Crippen LogP contribution in [-0.4, -0.2) is 32.1 Å². The molecule has 5 nitrogen and oxygen atoms in total. The van der Waals surface area contributed by atoms with E-state index in [1.807, 2.05) is 18.5 Å². The molecule has 148 valence electrons. The molecule has 0 unspecified atom stereocenters. The van der Waals surface area contributed by atoms with Crippen LogP contribution in [-0.2, 0) is 6.54 Å². The summed E-state index contributed by atoms with van der Waals surface area (Å²) in [4.78, 5) is 4.47. The SMILES string of the molecule is COc1cc(CN/C=C2\CN=Cc3ccc(-c4ccsc4)cc32)cc(O)c1OC. The highest BCUT2D eigenvalue weighted by Gasteiger charge is 2.14. The van der Waals surface area contributed by atoms with Gasteiger partial charge in [-0.2, -0.15) is 11.3 Å². The lowest BCUT2D eigenvalue weighted by Crippen LogP contribution is -2.10. The van der Waals surface area contributed by atoms with Crippen molar-refractivity contribution in [3.63, 3.8) is 0 Å². The van der Waals surface area contributed by atoms with Gasteiger partial charge < -0.3 is 19.9 Å². The zero-order valence-electron chi connectivity index (χ0n) is 16.3. The maximum atomic E-state index is 10.1. The van der Waals surface area contributed by atoms with Crippen LogP contribution in [0.2, 0.25) is 0 Å². The molecule has 0 atom stereocenters. The standard InChI is InChI=1S/C23H22N2O3S/c1-27-22-8-15(7-21(26)23(22)28-2)10-24-12-19-13-25-11-17-4-3-16(9-20(17)19)18-5-6-29-14-18/h3-9,11-12,14,24,26H,10,13H2,1-2H3/b19-12+. The predicted molar refractivity (Wildman–Crippen MR) is 118 cm³/mol. The van der Waals surface area contributed by atoms with Crippen LogP contribution >= 0.6 is 11.3 Å². The monoisotopic (exact) mass is 406 g/mol. The third-order valence-electron chi connectivity index (χ3n) is 4.85. The van der Waals surface area contributed by atoms with Crippen LogP contribution in [0.5, 0.6) is 17.2 Å². The molecular weight excluding hydrogens is 384 g/mol. The summed E-state index contributed by atoms with van der Waals surface area (Å²) in [6, 6.07) is 12.1. The van der Waals surface area contributed by atoms with Crippen LogP contribution in [0.3, 0.4) is 0 Å². The Morgan fingerprint density at radius 1 is 1.14 bits per heavy atom. The topological polar surface area (TPSA) is 63.1 Å². The van der Waals surface area contributed by atoms with E-state index in [2.05, 4.69) is 45.3 Å². The number of hydrogen-bond donors (Lipinski definition) is 2. The summed E-state index contributed by atoms with van der Waals surface area (Å²) >= 11 is 1.70. The minimum Gasteiger partial charge on any atom is -0.504 e. The Morgan fingerprint density at radius 2 is 2.03 bits per heavy atom. The predicted octanol–water partition coefficient (Wildman–Crippen LogP) is 4.70. The minimum absolute atomic E-state index is 0.0596. The third kappa shape index (κ3) is 3.98. The molecule has 29 heavy (non-hydrogen) atoms. The second-order valence-corrected chi connectivity index (χ2v) is 7.46. The zero-order valence-corrected chi connectivity index (χ0v) is 17.1.